The van der Waals surface area contributed by atoms with Crippen LogP contribution in [0.4, 0.5) is 10.1 Å². The Hall–Kier alpha value is -1.30. The third kappa shape index (κ3) is 4.67. The van der Waals surface area contributed by atoms with Crippen molar-refractivity contribution in [1.29, 1.82) is 0 Å². The highest BCUT2D eigenvalue weighted by Gasteiger charge is 2.18. The van der Waals surface area contributed by atoms with Crippen molar-refractivity contribution >= 4 is 27.5 Å². The minimum Gasteiger partial charge on any atom is -0.479 e. The lowest BCUT2D eigenvalue weighted by molar-refractivity contribution is -0.127. The van der Waals surface area contributed by atoms with E-state index in [-0.39, 0.29) is 27.9 Å². The first-order valence-electron chi connectivity index (χ1n) is 6.56. The Morgan fingerprint density at radius 1 is 1.50 bits per heavy atom. The lowest BCUT2D eigenvalue weighted by atomic mass is 10.2. The Labute approximate surface area is 127 Å². The van der Waals surface area contributed by atoms with Gasteiger partial charge in [0.25, 0.3) is 5.91 Å². The zero-order chi connectivity index (χ0) is 15.3. The van der Waals surface area contributed by atoms with Crippen LogP contribution < -0.4 is 15.8 Å². The fourth-order valence-electron chi connectivity index (χ4n) is 1.76. The summed E-state index contributed by atoms with van der Waals surface area (Å²) in [6.45, 7) is 5.59. The van der Waals surface area contributed by atoms with E-state index in [4.69, 9.17) is 10.5 Å². The van der Waals surface area contributed by atoms with Crippen LogP contribution >= 0.6 is 15.9 Å². The van der Waals surface area contributed by atoms with Crippen LogP contribution in [0.15, 0.2) is 16.6 Å². The molecule has 3 N–H and O–H groups in total. The van der Waals surface area contributed by atoms with Gasteiger partial charge in [-0.25, -0.2) is 4.39 Å². The molecule has 6 heteroatoms. The summed E-state index contributed by atoms with van der Waals surface area (Å²) >= 11 is 3.04. The third-order valence-electron chi connectivity index (χ3n) is 2.84. The summed E-state index contributed by atoms with van der Waals surface area (Å²) in [4.78, 5) is 11.9. The van der Waals surface area contributed by atoms with Gasteiger partial charge in [-0.15, -0.1) is 0 Å². The summed E-state index contributed by atoms with van der Waals surface area (Å²) in [6, 6.07) is 2.66. The van der Waals surface area contributed by atoms with Gasteiger partial charge in [0.2, 0.25) is 0 Å². The number of carbonyl (C=O) groups is 1. The summed E-state index contributed by atoms with van der Waals surface area (Å²) in [5.41, 5.74) is 6.01. The Balaban J connectivity index is 2.68. The third-order valence-corrected chi connectivity index (χ3v) is 3.44. The van der Waals surface area contributed by atoms with Gasteiger partial charge in [0.05, 0.1) is 10.2 Å². The molecule has 1 aromatic carbocycles. The SMILES string of the molecule is CCCC(C)NC(=O)C(C)Oc1cc(F)c(Br)cc1N. The molecule has 4 nitrogen and oxygen atoms in total. The maximum absolute atomic E-state index is 13.4. The fraction of sp³-hybridized carbons (Fsp3) is 0.500. The Morgan fingerprint density at radius 2 is 2.15 bits per heavy atom. The zero-order valence-electron chi connectivity index (χ0n) is 11.9. The van der Waals surface area contributed by atoms with Crippen LogP contribution in [0.25, 0.3) is 0 Å². The Morgan fingerprint density at radius 3 is 2.75 bits per heavy atom. The smallest absolute Gasteiger partial charge is 0.260 e. The molecule has 0 saturated heterocycles. The normalized spacial score (nSPS) is 13.7. The van der Waals surface area contributed by atoms with E-state index in [1.807, 2.05) is 13.8 Å². The number of carbonyl (C=O) groups excluding carboxylic acids is 1. The standard InChI is InChI=1S/C14H20BrFN2O2/c1-4-5-8(2)18-14(19)9(3)20-13-7-11(16)10(15)6-12(13)17/h6-9H,4-5,17H2,1-3H3,(H,18,19). The molecule has 0 aliphatic carbocycles. The first-order valence-corrected chi connectivity index (χ1v) is 7.36. The van der Waals surface area contributed by atoms with Crippen LogP contribution in [0.3, 0.4) is 0 Å². The van der Waals surface area contributed by atoms with Gasteiger partial charge in [0.1, 0.15) is 11.6 Å². The van der Waals surface area contributed by atoms with Crippen molar-refractivity contribution in [3.63, 3.8) is 0 Å². The topological polar surface area (TPSA) is 64.3 Å². The molecule has 0 aliphatic rings. The molecule has 1 rings (SSSR count). The molecule has 0 saturated carbocycles. The van der Waals surface area contributed by atoms with Gasteiger partial charge in [-0.1, -0.05) is 13.3 Å². The van der Waals surface area contributed by atoms with Gasteiger partial charge in [-0.05, 0) is 42.3 Å². The van der Waals surface area contributed by atoms with E-state index >= 15 is 0 Å². The number of nitrogens with one attached hydrogen (secondary N) is 1. The number of hydrogen-bond acceptors (Lipinski definition) is 3. The maximum atomic E-state index is 13.4. The fourth-order valence-corrected chi connectivity index (χ4v) is 2.12. The van der Waals surface area contributed by atoms with Crippen molar-refractivity contribution in [3.8, 4) is 5.75 Å². The number of hydrogen-bond donors (Lipinski definition) is 2. The number of ether oxygens (including phenoxy) is 1. The molecule has 0 heterocycles. The van der Waals surface area contributed by atoms with E-state index in [0.29, 0.717) is 0 Å². The van der Waals surface area contributed by atoms with Crippen LogP contribution in [0.1, 0.15) is 33.6 Å². The van der Waals surface area contributed by atoms with Crippen molar-refractivity contribution in [2.45, 2.75) is 45.8 Å². The van der Waals surface area contributed by atoms with E-state index in [1.54, 1.807) is 6.92 Å². The monoisotopic (exact) mass is 346 g/mol. The van der Waals surface area contributed by atoms with Crippen LogP contribution in [0.5, 0.6) is 5.75 Å². The number of benzene rings is 1. The second-order valence-corrected chi connectivity index (χ2v) is 5.62. The van der Waals surface area contributed by atoms with Gasteiger partial charge in [-0.2, -0.15) is 0 Å². The largest absolute Gasteiger partial charge is 0.479 e. The molecule has 20 heavy (non-hydrogen) atoms. The van der Waals surface area contributed by atoms with Gasteiger partial charge >= 0.3 is 0 Å². The van der Waals surface area contributed by atoms with Crippen molar-refractivity contribution in [1.82, 2.24) is 5.32 Å². The van der Waals surface area contributed by atoms with Gasteiger partial charge < -0.3 is 15.8 Å². The molecule has 0 radical (unpaired) electrons. The minimum absolute atomic E-state index is 0.0811. The summed E-state index contributed by atoms with van der Waals surface area (Å²) < 4.78 is 19.1. The number of amides is 1. The molecule has 2 atom stereocenters. The summed E-state index contributed by atoms with van der Waals surface area (Å²) in [7, 11) is 0. The van der Waals surface area contributed by atoms with Crippen molar-refractivity contribution in [3.05, 3.63) is 22.4 Å². The maximum Gasteiger partial charge on any atom is 0.260 e. The van der Waals surface area contributed by atoms with E-state index in [0.717, 1.165) is 12.8 Å². The molecule has 0 aliphatic heterocycles. The summed E-state index contributed by atoms with van der Waals surface area (Å²) in [6.07, 6.45) is 1.15. The molecular weight excluding hydrogens is 327 g/mol. The van der Waals surface area contributed by atoms with Gasteiger partial charge in [0.15, 0.2) is 6.10 Å². The average molecular weight is 347 g/mol. The first-order chi connectivity index (χ1) is 9.35. The van der Waals surface area contributed by atoms with E-state index in [9.17, 15) is 9.18 Å². The number of nitrogens with two attached hydrogens (primary N) is 1. The van der Waals surface area contributed by atoms with Crippen molar-refractivity contribution in [2.24, 2.45) is 0 Å². The number of halogens is 2. The first kappa shape index (κ1) is 16.8. The number of nitrogen functional groups attached to an aromatic ring is 1. The molecule has 0 fully saturated rings. The molecule has 112 valence electrons. The van der Waals surface area contributed by atoms with Gasteiger partial charge in [0, 0.05) is 12.1 Å². The number of anilines is 1. The highest BCUT2D eigenvalue weighted by atomic mass is 79.9. The molecule has 2 unspecified atom stereocenters. The highest BCUT2D eigenvalue weighted by molar-refractivity contribution is 9.10. The molecule has 1 amide bonds. The van der Waals surface area contributed by atoms with Crippen LogP contribution in [-0.2, 0) is 4.79 Å². The second kappa shape index (κ2) is 7.47. The molecular formula is C14H20BrFN2O2. The summed E-state index contributed by atoms with van der Waals surface area (Å²) in [5.74, 6) is -0.564. The zero-order valence-corrected chi connectivity index (χ0v) is 13.5. The van der Waals surface area contributed by atoms with Crippen molar-refractivity contribution < 1.29 is 13.9 Å². The van der Waals surface area contributed by atoms with Crippen LogP contribution in [-0.4, -0.2) is 18.1 Å². The number of rotatable bonds is 6. The summed E-state index contributed by atoms with van der Waals surface area (Å²) in [5, 5.41) is 2.84. The van der Waals surface area contributed by atoms with Crippen molar-refractivity contribution in [2.75, 3.05) is 5.73 Å². The van der Waals surface area contributed by atoms with Gasteiger partial charge in [-0.3, -0.25) is 4.79 Å². The minimum atomic E-state index is -0.739. The molecule has 0 bridgehead atoms. The molecule has 0 aromatic heterocycles. The predicted octanol–water partition coefficient (Wildman–Crippen LogP) is 3.24. The van der Waals surface area contributed by atoms with E-state index in [2.05, 4.69) is 21.2 Å². The molecule has 0 spiro atoms. The van der Waals surface area contributed by atoms with E-state index in [1.165, 1.54) is 12.1 Å². The highest BCUT2D eigenvalue weighted by Crippen LogP contribution is 2.29. The quantitative estimate of drug-likeness (QED) is 0.777. The molecule has 1 aromatic rings. The lowest BCUT2D eigenvalue weighted by Gasteiger charge is -2.19. The average Bonchev–Trinajstić information content (AvgIpc) is 2.35. The Kier molecular flexibility index (Phi) is 6.26. The predicted molar refractivity (Wildman–Crippen MR) is 81.1 cm³/mol. The Bertz CT molecular complexity index is 482. The van der Waals surface area contributed by atoms with Crippen LogP contribution in [0, 0.1) is 5.82 Å². The lowest BCUT2D eigenvalue weighted by Crippen LogP contribution is -2.41. The second-order valence-electron chi connectivity index (χ2n) is 4.76. The van der Waals surface area contributed by atoms with Crippen LogP contribution in [0.2, 0.25) is 0 Å². The van der Waals surface area contributed by atoms with E-state index < -0.39 is 11.9 Å².